The van der Waals surface area contributed by atoms with Gasteiger partial charge in [-0.25, -0.2) is 9.50 Å². The van der Waals surface area contributed by atoms with Gasteiger partial charge in [0, 0.05) is 60.7 Å². The number of nitrogens with zero attached hydrogens (tertiary/aromatic N) is 5. The molecule has 2 aliphatic rings. The monoisotopic (exact) mass is 606 g/mol. The van der Waals surface area contributed by atoms with Crippen LogP contribution in [0, 0.1) is 32.6 Å². The first kappa shape index (κ1) is 30.2. The van der Waals surface area contributed by atoms with Crippen LogP contribution in [-0.2, 0) is 4.79 Å². The standard InChI is InChI=1S/C33H46N6O3S/c1-19(2)27-28-22(5)30(43-32(28)36-29(27)26-17-39-31(34-18-35-39)21(4)20(26)3)24-6-8-38(9-7-24)33(42)25-14-23(15-25)16-37(10-12-40)11-13-41/h17-19,23-25,36,40-41H,6-16H2,1-5H3/t23-,25+. The average Bonchev–Trinajstić information content (AvgIpc) is 3.67. The Hall–Kier alpha value is -2.79. The molecule has 0 spiro atoms. The number of H-pyrrole nitrogens is 1. The summed E-state index contributed by atoms with van der Waals surface area (Å²) >= 11 is 1.90. The number of fused-ring (bicyclic) bond motifs is 2. The number of aromatic amines is 1. The third-order valence-corrected chi connectivity index (χ3v) is 11.4. The molecule has 1 saturated carbocycles. The van der Waals surface area contributed by atoms with E-state index in [1.807, 2.05) is 15.9 Å². The van der Waals surface area contributed by atoms with Crippen LogP contribution < -0.4 is 0 Å². The molecule has 0 bridgehead atoms. The topological polar surface area (TPSA) is 110 Å². The van der Waals surface area contributed by atoms with Gasteiger partial charge in [-0.15, -0.1) is 11.3 Å². The van der Waals surface area contributed by atoms with Crippen molar-refractivity contribution in [3.05, 3.63) is 39.7 Å². The maximum absolute atomic E-state index is 13.3. The molecular weight excluding hydrogens is 560 g/mol. The predicted molar refractivity (Wildman–Crippen MR) is 172 cm³/mol. The zero-order chi connectivity index (χ0) is 30.4. The van der Waals surface area contributed by atoms with Crippen LogP contribution in [0.3, 0.4) is 0 Å². The number of piperidine rings is 1. The summed E-state index contributed by atoms with van der Waals surface area (Å²) < 4.78 is 1.89. The molecule has 1 amide bonds. The number of hydrogen-bond acceptors (Lipinski definition) is 7. The van der Waals surface area contributed by atoms with Crippen LogP contribution in [0.2, 0.25) is 0 Å². The van der Waals surface area contributed by atoms with Crippen LogP contribution >= 0.6 is 11.3 Å². The van der Waals surface area contributed by atoms with E-state index in [2.05, 4.69) is 65.7 Å². The average molecular weight is 607 g/mol. The minimum absolute atomic E-state index is 0.0998. The van der Waals surface area contributed by atoms with Gasteiger partial charge in [0.25, 0.3) is 0 Å². The van der Waals surface area contributed by atoms with Crippen LogP contribution in [0.5, 0.6) is 0 Å². The van der Waals surface area contributed by atoms with Crippen molar-refractivity contribution in [2.45, 2.75) is 72.1 Å². The Morgan fingerprint density at radius 1 is 1.09 bits per heavy atom. The summed E-state index contributed by atoms with van der Waals surface area (Å²) in [6.07, 6.45) is 7.60. The summed E-state index contributed by atoms with van der Waals surface area (Å²) in [6, 6.07) is 0. The number of amides is 1. The molecule has 0 unspecified atom stereocenters. The summed E-state index contributed by atoms with van der Waals surface area (Å²) in [5, 5.41) is 24.4. The van der Waals surface area contributed by atoms with Crippen LogP contribution in [0.25, 0.3) is 27.1 Å². The molecule has 4 aromatic rings. The highest BCUT2D eigenvalue weighted by molar-refractivity contribution is 7.19. The van der Waals surface area contributed by atoms with Crippen molar-refractivity contribution in [1.82, 2.24) is 29.4 Å². The fraction of sp³-hybridized carbons (Fsp3) is 0.606. The van der Waals surface area contributed by atoms with E-state index < -0.39 is 0 Å². The predicted octanol–water partition coefficient (Wildman–Crippen LogP) is 5.01. The number of aliphatic hydroxyl groups is 2. The van der Waals surface area contributed by atoms with E-state index in [4.69, 9.17) is 0 Å². The van der Waals surface area contributed by atoms with Gasteiger partial charge in [0.15, 0.2) is 5.65 Å². The molecule has 0 aromatic carbocycles. The fourth-order valence-electron chi connectivity index (χ4n) is 7.53. The largest absolute Gasteiger partial charge is 0.395 e. The summed E-state index contributed by atoms with van der Waals surface area (Å²) in [6.45, 7) is 15.0. The summed E-state index contributed by atoms with van der Waals surface area (Å²) in [4.78, 5) is 28.5. The smallest absolute Gasteiger partial charge is 0.225 e. The van der Waals surface area contributed by atoms with Gasteiger partial charge >= 0.3 is 0 Å². The Kier molecular flexibility index (Phi) is 8.65. The number of pyridine rings is 1. The third kappa shape index (κ3) is 5.52. The van der Waals surface area contributed by atoms with Crippen molar-refractivity contribution >= 4 is 33.1 Å². The lowest BCUT2D eigenvalue weighted by Gasteiger charge is -2.41. The molecule has 0 atom stereocenters. The SMILES string of the molecule is Cc1c(-c2[nH]c3sc(C4CCN(C(=O)[C@H]5C[C@@H](CN(CCO)CCO)C5)CC4)c(C)c3c2C(C)C)cn2ncnc2c1C. The van der Waals surface area contributed by atoms with Gasteiger partial charge in [0.05, 0.1) is 18.9 Å². The number of carbonyl (C=O) groups is 1. The molecule has 3 N–H and O–H groups in total. The highest BCUT2D eigenvalue weighted by Gasteiger charge is 2.39. The highest BCUT2D eigenvalue weighted by atomic mass is 32.1. The third-order valence-electron chi connectivity index (χ3n) is 10.0. The second kappa shape index (κ2) is 12.3. The Morgan fingerprint density at radius 2 is 1.79 bits per heavy atom. The van der Waals surface area contributed by atoms with Gasteiger partial charge in [-0.1, -0.05) is 13.8 Å². The van der Waals surface area contributed by atoms with Gasteiger partial charge in [-0.3, -0.25) is 9.69 Å². The second-order valence-electron chi connectivity index (χ2n) is 13.1. The van der Waals surface area contributed by atoms with E-state index in [0.717, 1.165) is 56.5 Å². The minimum Gasteiger partial charge on any atom is -0.395 e. The van der Waals surface area contributed by atoms with Gasteiger partial charge in [-0.05, 0) is 86.5 Å². The zero-order valence-corrected chi connectivity index (χ0v) is 27.0. The van der Waals surface area contributed by atoms with Gasteiger partial charge < -0.3 is 20.1 Å². The lowest BCUT2D eigenvalue weighted by molar-refractivity contribution is -0.141. The quantitative estimate of drug-likeness (QED) is 0.234. The molecule has 1 aliphatic heterocycles. The Morgan fingerprint density at radius 3 is 2.44 bits per heavy atom. The molecule has 5 heterocycles. The van der Waals surface area contributed by atoms with Crippen LogP contribution in [0.4, 0.5) is 0 Å². The molecule has 43 heavy (non-hydrogen) atoms. The van der Waals surface area contributed by atoms with Crippen molar-refractivity contribution in [3.63, 3.8) is 0 Å². The number of rotatable bonds is 10. The van der Waals surface area contributed by atoms with Crippen molar-refractivity contribution < 1.29 is 15.0 Å². The van der Waals surface area contributed by atoms with Crippen molar-refractivity contribution in [1.29, 1.82) is 0 Å². The maximum Gasteiger partial charge on any atom is 0.225 e. The van der Waals surface area contributed by atoms with Crippen molar-refractivity contribution in [2.75, 3.05) is 45.9 Å². The molecule has 2 fully saturated rings. The van der Waals surface area contributed by atoms with Crippen LogP contribution in [0.1, 0.15) is 78.5 Å². The molecule has 1 saturated heterocycles. The summed E-state index contributed by atoms with van der Waals surface area (Å²) in [7, 11) is 0. The number of aromatic nitrogens is 4. The molecular formula is C33H46N6O3S. The normalized spacial score (nSPS) is 19.8. The molecule has 0 radical (unpaired) electrons. The van der Waals surface area contributed by atoms with E-state index in [1.54, 1.807) is 6.33 Å². The lowest BCUT2D eigenvalue weighted by atomic mass is 9.73. The first-order valence-corrected chi connectivity index (χ1v) is 16.7. The minimum atomic E-state index is 0.0998. The van der Waals surface area contributed by atoms with Crippen LogP contribution in [-0.4, -0.2) is 91.4 Å². The van der Waals surface area contributed by atoms with Crippen LogP contribution in [0.15, 0.2) is 12.5 Å². The van der Waals surface area contributed by atoms with Gasteiger partial charge in [0.2, 0.25) is 5.91 Å². The molecule has 9 nitrogen and oxygen atoms in total. The number of aryl methyl sites for hydroxylation is 2. The van der Waals surface area contributed by atoms with E-state index in [0.29, 0.717) is 36.8 Å². The number of thiophene rings is 1. The molecule has 1 aliphatic carbocycles. The van der Waals surface area contributed by atoms with E-state index in [1.165, 1.54) is 43.0 Å². The summed E-state index contributed by atoms with van der Waals surface area (Å²) in [5.41, 5.74) is 8.44. The maximum atomic E-state index is 13.3. The Balaban J connectivity index is 1.15. The molecule has 10 heteroatoms. The first-order chi connectivity index (χ1) is 20.7. The fourth-order valence-corrected chi connectivity index (χ4v) is 8.93. The molecule has 6 rings (SSSR count). The lowest BCUT2D eigenvalue weighted by Crippen LogP contribution is -2.47. The van der Waals surface area contributed by atoms with E-state index in [-0.39, 0.29) is 19.1 Å². The molecule has 4 aromatic heterocycles. The number of carbonyl (C=O) groups excluding carboxylic acids is 1. The highest BCUT2D eigenvalue weighted by Crippen LogP contribution is 2.47. The first-order valence-electron chi connectivity index (χ1n) is 15.9. The van der Waals surface area contributed by atoms with Crippen molar-refractivity contribution in [2.24, 2.45) is 11.8 Å². The zero-order valence-electron chi connectivity index (χ0n) is 26.2. The van der Waals surface area contributed by atoms with Crippen molar-refractivity contribution in [3.8, 4) is 11.3 Å². The number of likely N-dealkylation sites (tertiary alicyclic amines) is 1. The van der Waals surface area contributed by atoms with Gasteiger partial charge in [0.1, 0.15) is 11.2 Å². The second-order valence-corrected chi connectivity index (χ2v) is 14.1. The van der Waals surface area contributed by atoms with E-state index >= 15 is 0 Å². The Bertz CT molecular complexity index is 1600. The molecule has 232 valence electrons. The van der Waals surface area contributed by atoms with E-state index in [9.17, 15) is 15.0 Å². The number of aliphatic hydroxyl groups excluding tert-OH is 2. The Labute approximate surface area is 257 Å². The number of nitrogens with one attached hydrogen (secondary N) is 1. The number of hydrogen-bond donors (Lipinski definition) is 3. The summed E-state index contributed by atoms with van der Waals surface area (Å²) in [5.74, 6) is 1.77. The van der Waals surface area contributed by atoms with Gasteiger partial charge in [-0.2, -0.15) is 5.10 Å².